The third kappa shape index (κ3) is 3.44. The summed E-state index contributed by atoms with van der Waals surface area (Å²) in [5.41, 5.74) is 1.57. The van der Waals surface area contributed by atoms with Gasteiger partial charge in [0.1, 0.15) is 10.6 Å². The van der Waals surface area contributed by atoms with E-state index >= 15 is 0 Å². The van der Waals surface area contributed by atoms with Crippen molar-refractivity contribution in [2.45, 2.75) is 37.7 Å². The van der Waals surface area contributed by atoms with Crippen molar-refractivity contribution in [2.24, 2.45) is 5.92 Å². The maximum Gasteiger partial charge on any atom is 0.254 e. The topological polar surface area (TPSA) is 70.5 Å². The van der Waals surface area contributed by atoms with Crippen LogP contribution in [0.25, 0.3) is 20.8 Å². The summed E-state index contributed by atoms with van der Waals surface area (Å²) in [7, 11) is 0. The molecule has 0 radical (unpaired) electrons. The number of hydrogen-bond acceptors (Lipinski definition) is 5. The van der Waals surface area contributed by atoms with Gasteiger partial charge < -0.3 is 10.0 Å². The SMILES string of the molecule is O=C(c1ccc(-c2nc3ccccc3s2)cc1)C1CCN(C(=O)C2(O)CCC2)CC1. The highest BCUT2D eigenvalue weighted by Gasteiger charge is 2.45. The molecular weight excluding hydrogens is 396 g/mol. The van der Waals surface area contributed by atoms with Crippen molar-refractivity contribution >= 4 is 33.2 Å². The van der Waals surface area contributed by atoms with Crippen LogP contribution >= 0.6 is 11.3 Å². The van der Waals surface area contributed by atoms with Crippen LogP contribution in [0.3, 0.4) is 0 Å². The molecule has 30 heavy (non-hydrogen) atoms. The Labute approximate surface area is 179 Å². The molecule has 3 aromatic rings. The van der Waals surface area contributed by atoms with Crippen molar-refractivity contribution < 1.29 is 14.7 Å². The van der Waals surface area contributed by atoms with Gasteiger partial charge in [0, 0.05) is 30.1 Å². The number of nitrogens with zero attached hydrogens (tertiary/aromatic N) is 2. The van der Waals surface area contributed by atoms with Gasteiger partial charge in [0.25, 0.3) is 5.91 Å². The van der Waals surface area contributed by atoms with Crippen molar-refractivity contribution in [3.05, 3.63) is 54.1 Å². The van der Waals surface area contributed by atoms with Crippen LogP contribution in [-0.4, -0.2) is 45.4 Å². The number of fused-ring (bicyclic) bond motifs is 1. The lowest BCUT2D eigenvalue weighted by molar-refractivity contribution is -0.161. The molecule has 6 heteroatoms. The maximum absolute atomic E-state index is 13.0. The zero-order valence-corrected chi connectivity index (χ0v) is 17.5. The second-order valence-corrected chi connectivity index (χ2v) is 9.41. The number of carbonyl (C=O) groups excluding carboxylic acids is 2. The number of Topliss-reactive ketones (excluding diaryl/α,β-unsaturated/α-hetero) is 1. The van der Waals surface area contributed by atoms with Gasteiger partial charge in [-0.25, -0.2) is 4.98 Å². The molecule has 2 aliphatic rings. The zero-order chi connectivity index (χ0) is 20.7. The highest BCUT2D eigenvalue weighted by molar-refractivity contribution is 7.21. The Balaban J connectivity index is 1.24. The number of amides is 1. The predicted octanol–water partition coefficient (Wildman–Crippen LogP) is 4.30. The van der Waals surface area contributed by atoms with Crippen molar-refractivity contribution in [2.75, 3.05) is 13.1 Å². The van der Waals surface area contributed by atoms with E-state index in [0.717, 1.165) is 27.2 Å². The van der Waals surface area contributed by atoms with E-state index in [1.54, 1.807) is 16.2 Å². The molecule has 1 aromatic heterocycles. The third-order valence-corrected chi connectivity index (χ3v) is 7.53. The molecule has 2 fully saturated rings. The van der Waals surface area contributed by atoms with E-state index in [1.807, 2.05) is 42.5 Å². The van der Waals surface area contributed by atoms with Gasteiger partial charge in [-0.2, -0.15) is 0 Å². The van der Waals surface area contributed by atoms with Crippen molar-refractivity contribution in [1.29, 1.82) is 0 Å². The lowest BCUT2D eigenvalue weighted by Gasteiger charge is -2.41. The van der Waals surface area contributed by atoms with E-state index < -0.39 is 5.60 Å². The van der Waals surface area contributed by atoms with Crippen molar-refractivity contribution in [1.82, 2.24) is 9.88 Å². The van der Waals surface area contributed by atoms with Gasteiger partial charge in [0.05, 0.1) is 10.2 Å². The van der Waals surface area contributed by atoms with Gasteiger partial charge in [0.15, 0.2) is 5.78 Å². The normalized spacial score (nSPS) is 18.9. The highest BCUT2D eigenvalue weighted by atomic mass is 32.1. The second kappa shape index (κ2) is 7.60. The molecule has 0 atom stereocenters. The first kappa shape index (κ1) is 19.4. The fourth-order valence-electron chi connectivity index (χ4n) is 4.37. The van der Waals surface area contributed by atoms with Crippen LogP contribution in [0.2, 0.25) is 0 Å². The first-order valence-corrected chi connectivity index (χ1v) is 11.4. The van der Waals surface area contributed by atoms with E-state index in [4.69, 9.17) is 0 Å². The first-order chi connectivity index (χ1) is 14.5. The molecule has 5 rings (SSSR count). The third-order valence-electron chi connectivity index (χ3n) is 6.44. The monoisotopic (exact) mass is 420 g/mol. The summed E-state index contributed by atoms with van der Waals surface area (Å²) in [6.07, 6.45) is 3.34. The van der Waals surface area contributed by atoms with Crippen LogP contribution in [0, 0.1) is 5.92 Å². The molecule has 5 nitrogen and oxygen atoms in total. The molecule has 1 saturated heterocycles. The highest BCUT2D eigenvalue weighted by Crippen LogP contribution is 2.35. The van der Waals surface area contributed by atoms with E-state index in [-0.39, 0.29) is 17.6 Å². The summed E-state index contributed by atoms with van der Waals surface area (Å²) in [6, 6.07) is 15.8. The fraction of sp³-hybridized carbons (Fsp3) is 0.375. The number of ketones is 1. The van der Waals surface area contributed by atoms with Gasteiger partial charge in [-0.15, -0.1) is 11.3 Å². The summed E-state index contributed by atoms with van der Waals surface area (Å²) in [4.78, 5) is 31.8. The number of hydrogen-bond donors (Lipinski definition) is 1. The number of benzene rings is 2. The average molecular weight is 421 g/mol. The molecule has 2 aromatic carbocycles. The fourth-order valence-corrected chi connectivity index (χ4v) is 5.34. The molecule has 1 N–H and O–H groups in total. The second-order valence-electron chi connectivity index (χ2n) is 8.38. The molecule has 1 aliphatic carbocycles. The zero-order valence-electron chi connectivity index (χ0n) is 16.7. The molecule has 0 unspecified atom stereocenters. The largest absolute Gasteiger partial charge is 0.380 e. The molecule has 0 spiro atoms. The summed E-state index contributed by atoms with van der Waals surface area (Å²) >= 11 is 1.65. The Hall–Kier alpha value is -2.57. The number of para-hydroxylation sites is 1. The van der Waals surface area contributed by atoms with Crippen LogP contribution in [-0.2, 0) is 4.79 Å². The van der Waals surface area contributed by atoms with Gasteiger partial charge in [-0.1, -0.05) is 36.4 Å². The van der Waals surface area contributed by atoms with Gasteiger partial charge in [-0.05, 0) is 44.2 Å². The first-order valence-electron chi connectivity index (χ1n) is 10.6. The van der Waals surface area contributed by atoms with E-state index in [9.17, 15) is 14.7 Å². The molecule has 1 saturated carbocycles. The minimum Gasteiger partial charge on any atom is -0.380 e. The predicted molar refractivity (Wildman–Crippen MR) is 117 cm³/mol. The quantitative estimate of drug-likeness (QED) is 0.639. The number of aliphatic hydroxyl groups is 1. The summed E-state index contributed by atoms with van der Waals surface area (Å²) in [5.74, 6) is -0.0847. The van der Waals surface area contributed by atoms with Gasteiger partial charge >= 0.3 is 0 Å². The smallest absolute Gasteiger partial charge is 0.254 e. The van der Waals surface area contributed by atoms with Crippen LogP contribution in [0.15, 0.2) is 48.5 Å². The molecular formula is C24H24N2O3S. The summed E-state index contributed by atoms with van der Waals surface area (Å²) in [6.45, 7) is 1.09. The summed E-state index contributed by atoms with van der Waals surface area (Å²) < 4.78 is 1.15. The maximum atomic E-state index is 13.0. The Bertz CT molecular complexity index is 1060. The molecule has 154 valence electrons. The van der Waals surface area contributed by atoms with E-state index in [1.165, 1.54) is 0 Å². The molecule has 1 aliphatic heterocycles. The van der Waals surface area contributed by atoms with Crippen LogP contribution in [0.5, 0.6) is 0 Å². The lowest BCUT2D eigenvalue weighted by atomic mass is 9.78. The Morgan fingerprint density at radius 3 is 2.37 bits per heavy atom. The molecule has 2 heterocycles. The van der Waals surface area contributed by atoms with Crippen LogP contribution in [0.4, 0.5) is 0 Å². The Morgan fingerprint density at radius 1 is 1.03 bits per heavy atom. The van der Waals surface area contributed by atoms with Crippen LogP contribution in [0.1, 0.15) is 42.5 Å². The number of rotatable bonds is 4. The van der Waals surface area contributed by atoms with E-state index in [2.05, 4.69) is 11.1 Å². The standard InChI is InChI=1S/C24H24N2O3S/c27-21(17-10-14-26(15-11-17)23(28)24(29)12-3-13-24)16-6-8-18(9-7-16)22-25-19-4-1-2-5-20(19)30-22/h1-2,4-9,17,29H,3,10-15H2. The minimum absolute atomic E-state index is 0.0709. The Morgan fingerprint density at radius 2 is 1.73 bits per heavy atom. The van der Waals surface area contributed by atoms with Gasteiger partial charge in [-0.3, -0.25) is 9.59 Å². The Kier molecular flexibility index (Phi) is 4.91. The average Bonchev–Trinajstić information content (AvgIpc) is 3.21. The molecule has 1 amide bonds. The summed E-state index contributed by atoms with van der Waals surface area (Å²) in [5, 5.41) is 11.2. The number of aromatic nitrogens is 1. The van der Waals surface area contributed by atoms with E-state index in [0.29, 0.717) is 44.3 Å². The molecule has 0 bridgehead atoms. The number of likely N-dealkylation sites (tertiary alicyclic amines) is 1. The van der Waals surface area contributed by atoms with Crippen molar-refractivity contribution in [3.8, 4) is 10.6 Å². The number of carbonyl (C=O) groups is 2. The number of thiazole rings is 1. The lowest BCUT2D eigenvalue weighted by Crippen LogP contribution is -2.55. The minimum atomic E-state index is -1.15. The van der Waals surface area contributed by atoms with Crippen LogP contribution < -0.4 is 0 Å². The number of piperidine rings is 1. The van der Waals surface area contributed by atoms with Crippen molar-refractivity contribution in [3.63, 3.8) is 0 Å². The van der Waals surface area contributed by atoms with Gasteiger partial charge in [0.2, 0.25) is 0 Å².